The normalized spacial score (nSPS) is 18.3. The Labute approximate surface area is 42.2 Å². The highest BCUT2D eigenvalue weighted by molar-refractivity contribution is 7.77. The molecule has 0 N–H and O–H groups in total. The predicted molar refractivity (Wildman–Crippen MR) is 28.6 cm³/mol. The largest absolute Gasteiger partial charge is 0.764 e. The number of hydrogen-bond acceptors (Lipinski definition) is 2. The third-order valence-electron chi connectivity index (χ3n) is 0.616. The lowest BCUT2D eigenvalue weighted by atomic mass is 10.5. The van der Waals surface area contributed by atoms with Crippen molar-refractivity contribution in [3.63, 3.8) is 0 Å². The van der Waals surface area contributed by atoms with Gasteiger partial charge in [-0.2, -0.15) is 0 Å². The zero-order chi connectivity index (χ0) is 4.41. The van der Waals surface area contributed by atoms with E-state index in [1.165, 1.54) is 0 Å². The molecule has 0 spiro atoms. The molecule has 1 rings (SSSR count). The summed E-state index contributed by atoms with van der Waals surface area (Å²) in [5, 5.41) is 0.801. The maximum atomic E-state index is 4.69. The SMILES string of the molecule is [S-]C1=NC=CC1. The Balaban J connectivity index is 2.61. The van der Waals surface area contributed by atoms with Gasteiger partial charge in [0, 0.05) is 6.20 Å². The summed E-state index contributed by atoms with van der Waals surface area (Å²) in [4.78, 5) is 3.79. The van der Waals surface area contributed by atoms with E-state index in [4.69, 9.17) is 0 Å². The summed E-state index contributed by atoms with van der Waals surface area (Å²) >= 11 is 4.69. The van der Waals surface area contributed by atoms with Crippen LogP contribution in [0.15, 0.2) is 17.3 Å². The molecule has 1 aliphatic rings. The summed E-state index contributed by atoms with van der Waals surface area (Å²) in [5.74, 6) is 0. The summed E-state index contributed by atoms with van der Waals surface area (Å²) in [6.07, 6.45) is 4.56. The van der Waals surface area contributed by atoms with Gasteiger partial charge >= 0.3 is 0 Å². The molecule has 0 atom stereocenters. The summed E-state index contributed by atoms with van der Waals surface area (Å²) < 4.78 is 0. The fraction of sp³-hybridized carbons (Fsp3) is 0.250. The van der Waals surface area contributed by atoms with Crippen LogP contribution in [0.3, 0.4) is 0 Å². The molecule has 0 radical (unpaired) electrons. The molecule has 0 aliphatic carbocycles. The summed E-state index contributed by atoms with van der Waals surface area (Å²) in [6, 6.07) is 0. The van der Waals surface area contributed by atoms with Crippen LogP contribution in [0, 0.1) is 0 Å². The Morgan fingerprint density at radius 1 is 1.83 bits per heavy atom. The molecule has 0 amide bonds. The lowest BCUT2D eigenvalue weighted by Gasteiger charge is -1.96. The van der Waals surface area contributed by atoms with Crippen LogP contribution in [0.1, 0.15) is 6.42 Å². The minimum absolute atomic E-state index is 0.801. The van der Waals surface area contributed by atoms with E-state index >= 15 is 0 Å². The fourth-order valence-electron chi connectivity index (χ4n) is 0.342. The minimum atomic E-state index is 0.801. The van der Waals surface area contributed by atoms with E-state index in [0.29, 0.717) is 0 Å². The first kappa shape index (κ1) is 3.81. The fourth-order valence-corrected chi connectivity index (χ4v) is 0.499. The first-order valence-corrected chi connectivity index (χ1v) is 2.19. The molecule has 0 fully saturated rings. The predicted octanol–water partition coefficient (Wildman–Crippen LogP) is 0.849. The van der Waals surface area contributed by atoms with Crippen LogP contribution < -0.4 is 0 Å². The molecule has 0 aromatic heterocycles. The highest BCUT2D eigenvalue weighted by atomic mass is 32.1. The van der Waals surface area contributed by atoms with Crippen molar-refractivity contribution in [3.05, 3.63) is 12.3 Å². The van der Waals surface area contributed by atoms with Crippen molar-refractivity contribution in [2.24, 2.45) is 4.99 Å². The molecular formula is C4H4NS-. The quantitative estimate of drug-likeness (QED) is 0.409. The number of aliphatic imine (C=N–C) groups is 1. The first-order chi connectivity index (χ1) is 2.89. The monoisotopic (exact) mass is 98.0 g/mol. The second-order valence-corrected chi connectivity index (χ2v) is 1.58. The number of nitrogens with zero attached hydrogens (tertiary/aromatic N) is 1. The Bertz CT molecular complexity index is 104. The molecule has 1 heterocycles. The number of allylic oxidation sites excluding steroid dienone is 1. The molecule has 6 heavy (non-hydrogen) atoms. The molecule has 0 saturated carbocycles. The van der Waals surface area contributed by atoms with E-state index in [0.717, 1.165) is 11.5 Å². The van der Waals surface area contributed by atoms with Crippen LogP contribution in [0.4, 0.5) is 0 Å². The van der Waals surface area contributed by atoms with Gasteiger partial charge in [-0.15, -0.1) is 5.04 Å². The molecule has 0 aromatic rings. The van der Waals surface area contributed by atoms with Crippen molar-refractivity contribution in [1.29, 1.82) is 0 Å². The molecule has 2 heteroatoms. The second-order valence-electron chi connectivity index (χ2n) is 1.11. The van der Waals surface area contributed by atoms with Crippen molar-refractivity contribution < 1.29 is 0 Å². The van der Waals surface area contributed by atoms with Crippen molar-refractivity contribution in [2.45, 2.75) is 6.42 Å². The van der Waals surface area contributed by atoms with Gasteiger partial charge in [-0.05, 0) is 6.42 Å². The topological polar surface area (TPSA) is 12.4 Å². The van der Waals surface area contributed by atoms with Crippen LogP contribution in [0.25, 0.3) is 0 Å². The van der Waals surface area contributed by atoms with Crippen LogP contribution >= 0.6 is 0 Å². The van der Waals surface area contributed by atoms with Crippen LogP contribution in [-0.2, 0) is 12.6 Å². The smallest absolute Gasteiger partial charge is 0.0209 e. The van der Waals surface area contributed by atoms with Gasteiger partial charge in [0.15, 0.2) is 0 Å². The van der Waals surface area contributed by atoms with E-state index in [-0.39, 0.29) is 0 Å². The van der Waals surface area contributed by atoms with Crippen LogP contribution in [-0.4, -0.2) is 5.04 Å². The van der Waals surface area contributed by atoms with Gasteiger partial charge in [0.2, 0.25) is 0 Å². The maximum absolute atomic E-state index is 4.69. The van der Waals surface area contributed by atoms with Gasteiger partial charge in [-0.25, -0.2) is 0 Å². The Morgan fingerprint density at radius 3 is 2.83 bits per heavy atom. The molecule has 0 bridgehead atoms. The lowest BCUT2D eigenvalue weighted by molar-refractivity contribution is 1.59. The Kier molecular flexibility index (Phi) is 0.881. The minimum Gasteiger partial charge on any atom is -0.764 e. The second kappa shape index (κ2) is 1.39. The molecule has 1 nitrogen and oxygen atoms in total. The average Bonchev–Trinajstić information content (AvgIpc) is 1.86. The van der Waals surface area contributed by atoms with Gasteiger partial charge in [0.25, 0.3) is 0 Å². The van der Waals surface area contributed by atoms with Crippen LogP contribution in [0.5, 0.6) is 0 Å². The number of rotatable bonds is 0. The van der Waals surface area contributed by atoms with Gasteiger partial charge in [-0.3, -0.25) is 4.99 Å². The third kappa shape index (κ3) is 0.571. The zero-order valence-corrected chi connectivity index (χ0v) is 4.03. The van der Waals surface area contributed by atoms with E-state index in [1.807, 2.05) is 6.08 Å². The van der Waals surface area contributed by atoms with Crippen molar-refractivity contribution in [2.75, 3.05) is 0 Å². The molecular weight excluding hydrogens is 94.1 g/mol. The standard InChI is InChI=1S/C4H5NS/c6-4-2-1-3-5-4/h1,3H,2H2,(H,5,6)/p-1. The van der Waals surface area contributed by atoms with Gasteiger partial charge in [0.05, 0.1) is 0 Å². The van der Waals surface area contributed by atoms with Gasteiger partial charge in [-0.1, -0.05) is 6.08 Å². The first-order valence-electron chi connectivity index (χ1n) is 1.78. The molecule has 32 valence electrons. The van der Waals surface area contributed by atoms with E-state index in [9.17, 15) is 0 Å². The average molecular weight is 98.1 g/mol. The summed E-state index contributed by atoms with van der Waals surface area (Å²) in [6.45, 7) is 0. The molecule has 0 unspecified atom stereocenters. The molecule has 0 saturated heterocycles. The summed E-state index contributed by atoms with van der Waals surface area (Å²) in [5.41, 5.74) is 0. The van der Waals surface area contributed by atoms with E-state index < -0.39 is 0 Å². The molecule has 1 aliphatic heterocycles. The van der Waals surface area contributed by atoms with Crippen LogP contribution in [0.2, 0.25) is 0 Å². The van der Waals surface area contributed by atoms with Crippen molar-refractivity contribution in [1.82, 2.24) is 0 Å². The molecule has 0 aromatic carbocycles. The third-order valence-corrected chi connectivity index (χ3v) is 0.888. The summed E-state index contributed by atoms with van der Waals surface area (Å²) in [7, 11) is 0. The van der Waals surface area contributed by atoms with Gasteiger partial charge < -0.3 is 12.6 Å². The van der Waals surface area contributed by atoms with E-state index in [1.54, 1.807) is 6.20 Å². The Hall–Kier alpha value is -0.370. The van der Waals surface area contributed by atoms with E-state index in [2.05, 4.69) is 17.6 Å². The van der Waals surface area contributed by atoms with Crippen molar-refractivity contribution in [3.8, 4) is 0 Å². The zero-order valence-electron chi connectivity index (χ0n) is 3.22. The Morgan fingerprint density at radius 2 is 2.67 bits per heavy atom. The van der Waals surface area contributed by atoms with Gasteiger partial charge in [0.1, 0.15) is 0 Å². The van der Waals surface area contributed by atoms with Crippen molar-refractivity contribution >= 4 is 17.7 Å². The highest BCUT2D eigenvalue weighted by Crippen LogP contribution is 1.95. The highest BCUT2D eigenvalue weighted by Gasteiger charge is 1.79. The lowest BCUT2D eigenvalue weighted by Crippen LogP contribution is -1.80. The maximum Gasteiger partial charge on any atom is 0.0209 e. The number of hydrogen-bond donors (Lipinski definition) is 0.